The molecule has 0 bridgehead atoms. The van der Waals surface area contributed by atoms with E-state index in [1.54, 1.807) is 7.11 Å². The van der Waals surface area contributed by atoms with Gasteiger partial charge in [0.05, 0.1) is 12.6 Å². The van der Waals surface area contributed by atoms with E-state index in [1.807, 2.05) is 74.8 Å². The minimum Gasteiger partial charge on any atom is -0.497 e. The average molecular weight is 458 g/mol. The lowest BCUT2D eigenvalue weighted by Crippen LogP contribution is -2.09. The van der Waals surface area contributed by atoms with Crippen LogP contribution in [0.15, 0.2) is 72.8 Å². The molecular weight excluding hydrogens is 433 g/mol. The van der Waals surface area contributed by atoms with Crippen molar-refractivity contribution in [3.8, 4) is 5.75 Å². The summed E-state index contributed by atoms with van der Waals surface area (Å²) in [6, 6.07) is 23.8. The first-order valence-corrected chi connectivity index (χ1v) is 9.34. The van der Waals surface area contributed by atoms with Crippen molar-refractivity contribution in [2.45, 2.75) is 0 Å². The fourth-order valence-electron chi connectivity index (χ4n) is 3.06. The lowest BCUT2D eigenvalue weighted by atomic mass is 10.2. The number of hydrogen-bond donors (Lipinski definition) is 2. The molecule has 0 unspecified atom stereocenters. The Balaban J connectivity index is 0.00000171. The van der Waals surface area contributed by atoms with Crippen LogP contribution in [0.5, 0.6) is 5.75 Å². The molecule has 31 heavy (non-hydrogen) atoms. The number of fused-ring (bicyclic) bond motifs is 1. The van der Waals surface area contributed by atoms with Crippen molar-refractivity contribution in [2.75, 3.05) is 36.7 Å². The topological polar surface area (TPSA) is 62.3 Å². The average Bonchev–Trinajstić information content (AvgIpc) is 2.74. The number of methoxy groups -OCH3 is 1. The van der Waals surface area contributed by atoms with Crippen LogP contribution in [0.3, 0.4) is 0 Å². The molecule has 1 aromatic heterocycles. The van der Waals surface area contributed by atoms with E-state index in [4.69, 9.17) is 9.72 Å². The molecule has 6 nitrogen and oxygen atoms in total. The first-order valence-electron chi connectivity index (χ1n) is 9.34. The van der Waals surface area contributed by atoms with Crippen LogP contribution in [-0.4, -0.2) is 31.2 Å². The van der Waals surface area contributed by atoms with E-state index < -0.39 is 0 Å². The molecule has 8 heteroatoms. The predicted octanol–water partition coefficient (Wildman–Crippen LogP) is 6.04. The highest BCUT2D eigenvalue weighted by atomic mass is 35.5. The van der Waals surface area contributed by atoms with Gasteiger partial charge in [0.2, 0.25) is 5.95 Å². The third-order valence-corrected chi connectivity index (χ3v) is 4.55. The summed E-state index contributed by atoms with van der Waals surface area (Å²) in [6.07, 6.45) is 0. The van der Waals surface area contributed by atoms with Crippen molar-refractivity contribution in [3.63, 3.8) is 0 Å². The van der Waals surface area contributed by atoms with Crippen molar-refractivity contribution in [2.24, 2.45) is 0 Å². The first-order chi connectivity index (χ1) is 14.1. The zero-order valence-corrected chi connectivity index (χ0v) is 19.1. The van der Waals surface area contributed by atoms with Gasteiger partial charge in [-0.3, -0.25) is 0 Å². The van der Waals surface area contributed by atoms with Gasteiger partial charge in [-0.1, -0.05) is 24.3 Å². The van der Waals surface area contributed by atoms with E-state index in [2.05, 4.69) is 32.7 Å². The van der Waals surface area contributed by atoms with E-state index in [1.165, 1.54) is 0 Å². The van der Waals surface area contributed by atoms with Crippen LogP contribution in [-0.2, 0) is 0 Å². The van der Waals surface area contributed by atoms with Gasteiger partial charge in [-0.15, -0.1) is 24.8 Å². The summed E-state index contributed by atoms with van der Waals surface area (Å²) in [6.45, 7) is 0. The van der Waals surface area contributed by atoms with E-state index in [-0.39, 0.29) is 24.8 Å². The van der Waals surface area contributed by atoms with Crippen LogP contribution in [0.2, 0.25) is 0 Å². The molecule has 0 saturated carbocycles. The molecule has 0 radical (unpaired) electrons. The Morgan fingerprint density at radius 3 is 2.23 bits per heavy atom. The molecule has 0 saturated heterocycles. The summed E-state index contributed by atoms with van der Waals surface area (Å²) in [5.74, 6) is 2.05. The molecule has 0 fully saturated rings. The van der Waals surface area contributed by atoms with Crippen molar-refractivity contribution < 1.29 is 4.74 Å². The Hall–Kier alpha value is -3.22. The van der Waals surface area contributed by atoms with Crippen LogP contribution in [0.25, 0.3) is 10.9 Å². The molecule has 1 heterocycles. The lowest BCUT2D eigenvalue weighted by molar-refractivity contribution is 0.415. The highest BCUT2D eigenvalue weighted by Gasteiger charge is 2.09. The van der Waals surface area contributed by atoms with Gasteiger partial charge in [-0.05, 0) is 42.5 Å². The number of hydrogen-bond acceptors (Lipinski definition) is 6. The number of halogens is 2. The van der Waals surface area contributed by atoms with Gasteiger partial charge in [0.15, 0.2) is 0 Å². The molecule has 0 aliphatic rings. The van der Waals surface area contributed by atoms with E-state index in [0.29, 0.717) is 5.95 Å². The zero-order valence-electron chi connectivity index (χ0n) is 17.5. The van der Waals surface area contributed by atoms with Gasteiger partial charge in [-0.2, -0.15) is 4.98 Å². The van der Waals surface area contributed by atoms with Crippen molar-refractivity contribution in [1.82, 2.24) is 9.97 Å². The van der Waals surface area contributed by atoms with Gasteiger partial charge < -0.3 is 20.3 Å². The quantitative estimate of drug-likeness (QED) is 0.368. The Kier molecular flexibility index (Phi) is 8.30. The summed E-state index contributed by atoms with van der Waals surface area (Å²) < 4.78 is 5.32. The zero-order chi connectivity index (χ0) is 20.2. The van der Waals surface area contributed by atoms with Crippen LogP contribution in [0.1, 0.15) is 0 Å². The van der Waals surface area contributed by atoms with Gasteiger partial charge >= 0.3 is 0 Å². The van der Waals surface area contributed by atoms with Gasteiger partial charge in [0, 0.05) is 42.6 Å². The predicted molar refractivity (Wildman–Crippen MR) is 134 cm³/mol. The maximum absolute atomic E-state index is 5.32. The summed E-state index contributed by atoms with van der Waals surface area (Å²) in [7, 11) is 5.69. The molecule has 4 aromatic rings. The van der Waals surface area contributed by atoms with Crippen molar-refractivity contribution >= 4 is 64.5 Å². The van der Waals surface area contributed by atoms with Gasteiger partial charge in [0.25, 0.3) is 0 Å². The summed E-state index contributed by atoms with van der Waals surface area (Å²) in [5, 5.41) is 7.67. The van der Waals surface area contributed by atoms with Crippen LogP contribution in [0.4, 0.5) is 28.8 Å². The summed E-state index contributed by atoms with van der Waals surface area (Å²) >= 11 is 0. The molecule has 0 atom stereocenters. The molecule has 2 N–H and O–H groups in total. The summed E-state index contributed by atoms with van der Waals surface area (Å²) in [4.78, 5) is 11.5. The molecular formula is C23H25Cl2N5O. The molecule has 0 aliphatic heterocycles. The minimum atomic E-state index is 0. The van der Waals surface area contributed by atoms with Crippen LogP contribution < -0.4 is 20.3 Å². The standard InChI is InChI=1S/C23H23N5O.2ClH/c1-28(2)18-10-6-8-16(14-18)25-23-26-21-13-5-4-12-20(21)22(27-23)24-17-9-7-11-19(15-17)29-3;;/h4-15H,1-3H3,(H2,24,25,26,27);2*1H. The van der Waals surface area contributed by atoms with Gasteiger partial charge in [0.1, 0.15) is 11.6 Å². The fourth-order valence-corrected chi connectivity index (χ4v) is 3.06. The second kappa shape index (κ2) is 10.7. The normalized spacial score (nSPS) is 9.90. The highest BCUT2D eigenvalue weighted by Crippen LogP contribution is 2.28. The van der Waals surface area contributed by atoms with Crippen molar-refractivity contribution in [1.29, 1.82) is 0 Å². The lowest BCUT2D eigenvalue weighted by Gasteiger charge is -2.15. The molecule has 0 spiro atoms. The second-order valence-electron chi connectivity index (χ2n) is 6.84. The maximum Gasteiger partial charge on any atom is 0.229 e. The number of nitrogens with one attached hydrogen (secondary N) is 2. The molecule has 0 amide bonds. The number of aromatic nitrogens is 2. The van der Waals surface area contributed by atoms with Crippen molar-refractivity contribution in [3.05, 3.63) is 72.8 Å². The fraction of sp³-hybridized carbons (Fsp3) is 0.130. The molecule has 162 valence electrons. The Morgan fingerprint density at radius 1 is 0.774 bits per heavy atom. The first kappa shape index (κ1) is 24.1. The Bertz CT molecular complexity index is 1150. The summed E-state index contributed by atoms with van der Waals surface area (Å²) in [5.41, 5.74) is 3.79. The Morgan fingerprint density at radius 2 is 1.48 bits per heavy atom. The Labute approximate surface area is 194 Å². The van der Waals surface area contributed by atoms with Crippen LogP contribution >= 0.6 is 24.8 Å². The number of rotatable bonds is 6. The monoisotopic (exact) mass is 457 g/mol. The number of benzene rings is 3. The molecule has 3 aromatic carbocycles. The third kappa shape index (κ3) is 5.69. The largest absolute Gasteiger partial charge is 0.497 e. The molecule has 4 rings (SSSR count). The van der Waals surface area contributed by atoms with Gasteiger partial charge in [-0.25, -0.2) is 4.98 Å². The SMILES string of the molecule is COc1cccc(Nc2nc(Nc3cccc(N(C)C)c3)nc3ccccc23)c1.Cl.Cl. The minimum absolute atomic E-state index is 0. The maximum atomic E-state index is 5.32. The number of nitrogens with zero attached hydrogens (tertiary/aromatic N) is 3. The molecule has 0 aliphatic carbocycles. The highest BCUT2D eigenvalue weighted by molar-refractivity contribution is 5.92. The second-order valence-corrected chi connectivity index (χ2v) is 6.84. The number of para-hydroxylation sites is 1. The van der Waals surface area contributed by atoms with E-state index in [0.717, 1.165) is 39.5 Å². The smallest absolute Gasteiger partial charge is 0.229 e. The van der Waals surface area contributed by atoms with Crippen LogP contribution in [0, 0.1) is 0 Å². The van der Waals surface area contributed by atoms with E-state index in [9.17, 15) is 0 Å². The number of anilines is 5. The third-order valence-electron chi connectivity index (χ3n) is 4.55. The number of ether oxygens (including phenoxy) is 1. The van der Waals surface area contributed by atoms with E-state index >= 15 is 0 Å².